The van der Waals surface area contributed by atoms with Gasteiger partial charge in [0.1, 0.15) is 22.9 Å². The highest BCUT2D eigenvalue weighted by molar-refractivity contribution is 5.95. The van der Waals surface area contributed by atoms with Crippen molar-refractivity contribution in [1.29, 1.82) is 0 Å². The standard InChI is InChI=1S/C20H21F2NO5/c1-23(2)11-14(24)10-19(25)28-18-7-4-12(8-16(18)20(26)27-3)15-6-5-13(21)9-17(15)22/h4-9,14,24H,10-11H2,1-3H3. The number of halogens is 2. The Balaban J connectivity index is 2.30. The number of carbonyl (C=O) groups excluding carboxylic acids is 2. The van der Waals surface area contributed by atoms with Gasteiger partial charge in [-0.25, -0.2) is 13.6 Å². The lowest BCUT2D eigenvalue weighted by Gasteiger charge is -2.16. The van der Waals surface area contributed by atoms with Gasteiger partial charge in [0.15, 0.2) is 0 Å². The van der Waals surface area contributed by atoms with Crippen LogP contribution in [0.25, 0.3) is 11.1 Å². The molecule has 0 aliphatic rings. The van der Waals surface area contributed by atoms with E-state index < -0.39 is 29.7 Å². The minimum atomic E-state index is -0.934. The Hall–Kier alpha value is -2.84. The number of benzene rings is 2. The molecular formula is C20H21F2NO5. The van der Waals surface area contributed by atoms with E-state index in [1.165, 1.54) is 24.3 Å². The van der Waals surface area contributed by atoms with Crippen molar-refractivity contribution in [3.8, 4) is 16.9 Å². The van der Waals surface area contributed by atoms with Crippen molar-refractivity contribution < 1.29 is 33.0 Å². The second-order valence-electron chi connectivity index (χ2n) is 6.42. The number of methoxy groups -OCH3 is 1. The molecule has 6 nitrogen and oxygen atoms in total. The van der Waals surface area contributed by atoms with Crippen molar-refractivity contribution in [3.05, 3.63) is 53.6 Å². The molecule has 1 N–H and O–H groups in total. The van der Waals surface area contributed by atoms with Crippen molar-refractivity contribution in [1.82, 2.24) is 4.90 Å². The second kappa shape index (κ2) is 9.38. The van der Waals surface area contributed by atoms with Crippen molar-refractivity contribution in [3.63, 3.8) is 0 Å². The van der Waals surface area contributed by atoms with Gasteiger partial charge in [0, 0.05) is 18.2 Å². The first-order chi connectivity index (χ1) is 13.2. The third-order valence-electron chi connectivity index (χ3n) is 3.83. The van der Waals surface area contributed by atoms with Gasteiger partial charge in [0.25, 0.3) is 0 Å². The zero-order valence-electron chi connectivity index (χ0n) is 15.7. The molecular weight excluding hydrogens is 372 g/mol. The Bertz CT molecular complexity index is 870. The summed E-state index contributed by atoms with van der Waals surface area (Å²) in [7, 11) is 4.65. The average Bonchev–Trinajstić information content (AvgIpc) is 2.60. The number of rotatable bonds is 7. The summed E-state index contributed by atoms with van der Waals surface area (Å²) in [5.41, 5.74) is 0.260. The van der Waals surface area contributed by atoms with E-state index in [0.717, 1.165) is 19.2 Å². The Labute approximate surface area is 161 Å². The molecule has 28 heavy (non-hydrogen) atoms. The number of nitrogens with zero attached hydrogens (tertiary/aromatic N) is 1. The van der Waals surface area contributed by atoms with E-state index in [2.05, 4.69) is 0 Å². The first-order valence-electron chi connectivity index (χ1n) is 8.42. The number of hydrogen-bond donors (Lipinski definition) is 1. The Morgan fingerprint density at radius 3 is 2.46 bits per heavy atom. The van der Waals surface area contributed by atoms with Gasteiger partial charge in [-0.15, -0.1) is 0 Å². The van der Waals surface area contributed by atoms with Crippen LogP contribution in [-0.4, -0.2) is 55.8 Å². The maximum atomic E-state index is 14.0. The smallest absolute Gasteiger partial charge is 0.341 e. The predicted octanol–water partition coefficient (Wildman–Crippen LogP) is 2.64. The van der Waals surface area contributed by atoms with Gasteiger partial charge < -0.3 is 19.5 Å². The SMILES string of the molecule is COC(=O)c1cc(-c2ccc(F)cc2F)ccc1OC(=O)CC(O)CN(C)C. The predicted molar refractivity (Wildman–Crippen MR) is 97.9 cm³/mol. The van der Waals surface area contributed by atoms with Crippen molar-refractivity contribution in [2.45, 2.75) is 12.5 Å². The van der Waals surface area contributed by atoms with E-state index in [4.69, 9.17) is 9.47 Å². The maximum Gasteiger partial charge on any atom is 0.341 e. The Morgan fingerprint density at radius 2 is 1.86 bits per heavy atom. The van der Waals surface area contributed by atoms with Crippen LogP contribution in [0.4, 0.5) is 8.78 Å². The Kier molecular flexibility index (Phi) is 7.19. The summed E-state index contributed by atoms with van der Waals surface area (Å²) >= 11 is 0. The molecule has 0 heterocycles. The highest BCUT2D eigenvalue weighted by Crippen LogP contribution is 2.29. The molecule has 1 atom stereocenters. The van der Waals surface area contributed by atoms with Gasteiger partial charge in [0.05, 0.1) is 19.6 Å². The fourth-order valence-corrected chi connectivity index (χ4v) is 2.62. The first-order valence-corrected chi connectivity index (χ1v) is 8.42. The maximum absolute atomic E-state index is 14.0. The van der Waals surface area contributed by atoms with Crippen LogP contribution in [0.15, 0.2) is 36.4 Å². The lowest BCUT2D eigenvalue weighted by molar-refractivity contribution is -0.136. The topological polar surface area (TPSA) is 76.1 Å². The molecule has 0 aliphatic carbocycles. The summed E-state index contributed by atoms with van der Waals surface area (Å²) in [5, 5.41) is 9.83. The summed E-state index contributed by atoms with van der Waals surface area (Å²) in [6.45, 7) is 0.266. The highest BCUT2D eigenvalue weighted by Gasteiger charge is 2.20. The number of aliphatic hydroxyl groups is 1. The summed E-state index contributed by atoms with van der Waals surface area (Å²) in [6.07, 6.45) is -1.20. The van der Waals surface area contributed by atoms with E-state index in [0.29, 0.717) is 0 Å². The largest absolute Gasteiger partial charge is 0.465 e. The summed E-state index contributed by atoms with van der Waals surface area (Å²) in [6, 6.07) is 7.11. The molecule has 2 aromatic carbocycles. The quantitative estimate of drug-likeness (QED) is 0.576. The Morgan fingerprint density at radius 1 is 1.14 bits per heavy atom. The van der Waals surface area contributed by atoms with Gasteiger partial charge in [-0.2, -0.15) is 0 Å². The monoisotopic (exact) mass is 393 g/mol. The molecule has 8 heteroatoms. The average molecular weight is 393 g/mol. The number of hydrogen-bond acceptors (Lipinski definition) is 6. The molecule has 0 radical (unpaired) electrons. The number of likely N-dealkylation sites (N-methyl/N-ethyl adjacent to an activating group) is 1. The van der Waals surface area contributed by atoms with Crippen LogP contribution in [0.3, 0.4) is 0 Å². The summed E-state index contributed by atoms with van der Waals surface area (Å²) in [5.74, 6) is -3.13. The molecule has 0 aliphatic heterocycles. The van der Waals surface area contributed by atoms with Gasteiger partial charge in [-0.05, 0) is 43.9 Å². The molecule has 150 valence electrons. The minimum absolute atomic E-state index is 0.0748. The molecule has 0 saturated carbocycles. The van der Waals surface area contributed by atoms with E-state index in [1.807, 2.05) is 0 Å². The fourth-order valence-electron chi connectivity index (χ4n) is 2.62. The van der Waals surface area contributed by atoms with Crippen LogP contribution in [0.5, 0.6) is 5.75 Å². The first kappa shape index (κ1) is 21.5. The summed E-state index contributed by atoms with van der Waals surface area (Å²) < 4.78 is 37.0. The van der Waals surface area contributed by atoms with Gasteiger partial charge in [-0.3, -0.25) is 4.79 Å². The second-order valence-corrected chi connectivity index (χ2v) is 6.42. The molecule has 0 aromatic heterocycles. The van der Waals surface area contributed by atoms with Gasteiger partial charge >= 0.3 is 11.9 Å². The van der Waals surface area contributed by atoms with Crippen LogP contribution < -0.4 is 4.74 Å². The van der Waals surface area contributed by atoms with E-state index >= 15 is 0 Å². The number of carbonyl (C=O) groups is 2. The molecule has 2 aromatic rings. The van der Waals surface area contributed by atoms with Crippen LogP contribution in [-0.2, 0) is 9.53 Å². The third kappa shape index (κ3) is 5.58. The molecule has 2 rings (SSSR count). The lowest BCUT2D eigenvalue weighted by atomic mass is 10.0. The van der Waals surface area contributed by atoms with E-state index in [1.54, 1.807) is 19.0 Å². The van der Waals surface area contributed by atoms with Crippen molar-refractivity contribution in [2.24, 2.45) is 0 Å². The molecule has 0 saturated heterocycles. The number of aliphatic hydroxyl groups excluding tert-OH is 1. The van der Waals surface area contributed by atoms with Crippen LogP contribution in [0, 0.1) is 11.6 Å². The minimum Gasteiger partial charge on any atom is -0.465 e. The lowest BCUT2D eigenvalue weighted by Crippen LogP contribution is -2.29. The van der Waals surface area contributed by atoms with Crippen LogP contribution >= 0.6 is 0 Å². The normalized spacial score (nSPS) is 12.0. The summed E-state index contributed by atoms with van der Waals surface area (Å²) in [4.78, 5) is 25.9. The molecule has 0 amide bonds. The fraction of sp³-hybridized carbons (Fsp3) is 0.300. The van der Waals surface area contributed by atoms with Crippen molar-refractivity contribution >= 4 is 11.9 Å². The highest BCUT2D eigenvalue weighted by atomic mass is 19.1. The molecule has 1 unspecified atom stereocenters. The van der Waals surface area contributed by atoms with E-state index in [9.17, 15) is 23.5 Å². The van der Waals surface area contributed by atoms with Gasteiger partial charge in [0.2, 0.25) is 0 Å². The number of esters is 2. The zero-order chi connectivity index (χ0) is 20.8. The van der Waals surface area contributed by atoms with E-state index in [-0.39, 0.29) is 35.4 Å². The van der Waals surface area contributed by atoms with Gasteiger partial charge in [-0.1, -0.05) is 6.07 Å². The number of ether oxygens (including phenoxy) is 2. The van der Waals surface area contributed by atoms with Crippen LogP contribution in [0.2, 0.25) is 0 Å². The molecule has 0 spiro atoms. The molecule has 0 fully saturated rings. The van der Waals surface area contributed by atoms with Crippen LogP contribution in [0.1, 0.15) is 16.8 Å². The van der Waals surface area contributed by atoms with Crippen molar-refractivity contribution in [2.75, 3.05) is 27.7 Å². The third-order valence-corrected chi connectivity index (χ3v) is 3.83. The molecule has 0 bridgehead atoms. The zero-order valence-corrected chi connectivity index (χ0v) is 15.7.